The minimum absolute atomic E-state index is 0.0159. The van der Waals surface area contributed by atoms with E-state index in [1.54, 1.807) is 12.1 Å². The summed E-state index contributed by atoms with van der Waals surface area (Å²) in [5.41, 5.74) is 0.136. The van der Waals surface area contributed by atoms with Gasteiger partial charge in [-0.15, -0.1) is 0 Å². The normalized spacial score (nSPS) is 11.2. The average Bonchev–Trinajstić information content (AvgIpc) is 2.40. The number of hydrogen-bond acceptors (Lipinski definition) is 4. The molecule has 0 atom stereocenters. The molecule has 5 nitrogen and oxygen atoms in total. The zero-order valence-corrected chi connectivity index (χ0v) is 16.1. The Labute approximate surface area is 151 Å². The summed E-state index contributed by atoms with van der Waals surface area (Å²) in [6.07, 6.45) is 0. The number of halogens is 2. The lowest BCUT2D eigenvalue weighted by Crippen LogP contribution is -2.26. The average molecular weight is 444 g/mol. The lowest BCUT2D eigenvalue weighted by atomic mass is 10.1. The third-order valence-electron chi connectivity index (χ3n) is 2.80. The second kappa shape index (κ2) is 6.88. The fourth-order valence-electron chi connectivity index (χ4n) is 1.93. The first kappa shape index (κ1) is 17.7. The van der Waals surface area contributed by atoms with E-state index in [0.29, 0.717) is 17.2 Å². The van der Waals surface area contributed by atoms with E-state index in [-0.39, 0.29) is 11.2 Å². The summed E-state index contributed by atoms with van der Waals surface area (Å²) in [6, 6.07) is 10.2. The maximum absolute atomic E-state index is 11.2. The molecule has 7 heteroatoms. The van der Waals surface area contributed by atoms with E-state index in [1.165, 1.54) is 6.07 Å². The molecule has 0 aliphatic heterocycles. The first-order valence-electron chi connectivity index (χ1n) is 6.85. The number of anilines is 1. The van der Waals surface area contributed by atoms with Crippen LogP contribution >= 0.6 is 31.9 Å². The van der Waals surface area contributed by atoms with Crippen molar-refractivity contribution in [3.8, 4) is 11.5 Å². The van der Waals surface area contributed by atoms with Crippen molar-refractivity contribution in [1.82, 2.24) is 0 Å². The zero-order chi connectivity index (χ0) is 17.2. The highest BCUT2D eigenvalue weighted by atomic mass is 79.9. The third-order valence-corrected chi connectivity index (χ3v) is 3.91. The predicted molar refractivity (Wildman–Crippen MR) is 98.4 cm³/mol. The fourth-order valence-corrected chi connectivity index (χ4v) is 3.05. The maximum atomic E-state index is 11.2. The monoisotopic (exact) mass is 442 g/mol. The van der Waals surface area contributed by atoms with Gasteiger partial charge in [-0.05, 0) is 61.0 Å². The van der Waals surface area contributed by atoms with E-state index in [9.17, 15) is 10.1 Å². The lowest BCUT2D eigenvalue weighted by Gasteiger charge is -2.22. The Balaban J connectivity index is 2.36. The largest absolute Gasteiger partial charge is 0.456 e. The van der Waals surface area contributed by atoms with Crippen LogP contribution in [0.1, 0.15) is 20.8 Å². The van der Waals surface area contributed by atoms with E-state index in [2.05, 4.69) is 37.2 Å². The molecule has 0 radical (unpaired) electrons. The van der Waals surface area contributed by atoms with Crippen molar-refractivity contribution in [1.29, 1.82) is 0 Å². The summed E-state index contributed by atoms with van der Waals surface area (Å²) in [4.78, 5) is 10.8. The van der Waals surface area contributed by atoms with E-state index in [1.807, 2.05) is 39.0 Å². The predicted octanol–water partition coefficient (Wildman–Crippen LogP) is 6.12. The molecule has 0 fully saturated rings. The summed E-state index contributed by atoms with van der Waals surface area (Å²) >= 11 is 6.81. The molecule has 0 spiro atoms. The number of hydrogen-bond donors (Lipinski definition) is 1. The molecular weight excluding hydrogens is 428 g/mol. The summed E-state index contributed by atoms with van der Waals surface area (Å²) in [5.74, 6) is 1.15. The molecule has 2 rings (SSSR count). The number of nitrogens with one attached hydrogen (secondary N) is 1. The van der Waals surface area contributed by atoms with E-state index >= 15 is 0 Å². The summed E-state index contributed by atoms with van der Waals surface area (Å²) in [7, 11) is 0. The van der Waals surface area contributed by atoms with Crippen molar-refractivity contribution in [3.05, 3.63) is 55.5 Å². The van der Waals surface area contributed by atoms with Crippen LogP contribution in [0.3, 0.4) is 0 Å². The van der Waals surface area contributed by atoms with Crippen LogP contribution in [0.2, 0.25) is 0 Å². The van der Waals surface area contributed by atoms with Gasteiger partial charge in [-0.3, -0.25) is 10.1 Å². The van der Waals surface area contributed by atoms with Crippen LogP contribution in [0, 0.1) is 10.1 Å². The lowest BCUT2D eigenvalue weighted by molar-refractivity contribution is -0.384. The molecule has 0 bridgehead atoms. The number of rotatable bonds is 4. The van der Waals surface area contributed by atoms with Crippen molar-refractivity contribution >= 4 is 43.2 Å². The van der Waals surface area contributed by atoms with Crippen LogP contribution < -0.4 is 10.1 Å². The molecule has 0 aromatic heterocycles. The van der Waals surface area contributed by atoms with Gasteiger partial charge in [-0.2, -0.15) is 0 Å². The van der Waals surface area contributed by atoms with Crippen LogP contribution in [0.25, 0.3) is 0 Å². The molecule has 122 valence electrons. The molecular formula is C16H16Br2N2O3. The van der Waals surface area contributed by atoms with Gasteiger partial charge in [0.05, 0.1) is 9.40 Å². The van der Waals surface area contributed by atoms with Crippen LogP contribution in [-0.4, -0.2) is 10.5 Å². The van der Waals surface area contributed by atoms with E-state index in [4.69, 9.17) is 4.74 Å². The molecule has 0 unspecified atom stereocenters. The second-order valence-electron chi connectivity index (χ2n) is 5.99. The van der Waals surface area contributed by atoms with Crippen molar-refractivity contribution in [2.24, 2.45) is 0 Å². The Kier molecular flexibility index (Phi) is 5.31. The summed E-state index contributed by atoms with van der Waals surface area (Å²) < 4.78 is 7.54. The molecule has 0 amide bonds. The standard InChI is InChI=1S/C16H16Br2N2O3/c1-16(2,3)19-13-9-11(5-6-14(13)20(21)22)23-15-7-4-10(17)8-12(15)18/h4-9,19H,1-3H3. The Bertz CT molecular complexity index is 743. The number of benzene rings is 2. The topological polar surface area (TPSA) is 64.4 Å². The van der Waals surface area contributed by atoms with Crippen LogP contribution in [0.15, 0.2) is 45.3 Å². The third kappa shape index (κ3) is 4.94. The zero-order valence-electron chi connectivity index (χ0n) is 12.9. The van der Waals surface area contributed by atoms with Crippen LogP contribution in [-0.2, 0) is 0 Å². The Hall–Kier alpha value is -1.60. The van der Waals surface area contributed by atoms with E-state index < -0.39 is 4.92 Å². The molecule has 0 saturated heterocycles. The molecule has 23 heavy (non-hydrogen) atoms. The van der Waals surface area contributed by atoms with Gasteiger partial charge >= 0.3 is 0 Å². The highest BCUT2D eigenvalue weighted by Gasteiger charge is 2.20. The number of nitrogens with zero attached hydrogens (tertiary/aromatic N) is 1. The number of ether oxygens (including phenoxy) is 1. The molecule has 2 aromatic carbocycles. The molecule has 0 heterocycles. The number of nitro benzene ring substituents is 1. The van der Waals surface area contributed by atoms with Crippen molar-refractivity contribution in [2.45, 2.75) is 26.3 Å². The van der Waals surface area contributed by atoms with Gasteiger partial charge in [-0.1, -0.05) is 15.9 Å². The molecule has 0 saturated carbocycles. The molecule has 0 aliphatic rings. The smallest absolute Gasteiger partial charge is 0.292 e. The summed E-state index contributed by atoms with van der Waals surface area (Å²) in [5, 5.41) is 14.3. The Morgan fingerprint density at radius 2 is 1.83 bits per heavy atom. The summed E-state index contributed by atoms with van der Waals surface area (Å²) in [6.45, 7) is 5.82. The maximum Gasteiger partial charge on any atom is 0.292 e. The highest BCUT2D eigenvalue weighted by molar-refractivity contribution is 9.11. The number of nitro groups is 1. The van der Waals surface area contributed by atoms with Gasteiger partial charge in [0.2, 0.25) is 0 Å². The van der Waals surface area contributed by atoms with Crippen molar-refractivity contribution in [2.75, 3.05) is 5.32 Å². The van der Waals surface area contributed by atoms with Crippen LogP contribution in [0.4, 0.5) is 11.4 Å². The van der Waals surface area contributed by atoms with Gasteiger partial charge < -0.3 is 10.1 Å². The first-order valence-corrected chi connectivity index (χ1v) is 8.44. The molecule has 2 aromatic rings. The van der Waals surface area contributed by atoms with Gasteiger partial charge in [-0.25, -0.2) is 0 Å². The van der Waals surface area contributed by atoms with Crippen molar-refractivity contribution in [3.63, 3.8) is 0 Å². The minimum atomic E-state index is -0.409. The SMILES string of the molecule is CC(C)(C)Nc1cc(Oc2ccc(Br)cc2Br)ccc1[N+](=O)[O-]. The molecule has 1 N–H and O–H groups in total. The van der Waals surface area contributed by atoms with Crippen molar-refractivity contribution < 1.29 is 9.66 Å². The Morgan fingerprint density at radius 3 is 2.39 bits per heavy atom. The fraction of sp³-hybridized carbons (Fsp3) is 0.250. The Morgan fingerprint density at radius 1 is 1.13 bits per heavy atom. The van der Waals surface area contributed by atoms with Gasteiger partial charge in [0.15, 0.2) is 0 Å². The van der Waals surface area contributed by atoms with Gasteiger partial charge in [0, 0.05) is 22.1 Å². The molecule has 0 aliphatic carbocycles. The second-order valence-corrected chi connectivity index (χ2v) is 7.76. The minimum Gasteiger partial charge on any atom is -0.456 e. The van der Waals surface area contributed by atoms with Crippen LogP contribution in [0.5, 0.6) is 11.5 Å². The highest BCUT2D eigenvalue weighted by Crippen LogP contribution is 2.36. The van der Waals surface area contributed by atoms with Gasteiger partial charge in [0.1, 0.15) is 17.2 Å². The first-order chi connectivity index (χ1) is 10.7. The van der Waals surface area contributed by atoms with E-state index in [0.717, 1.165) is 8.95 Å². The van der Waals surface area contributed by atoms with Gasteiger partial charge in [0.25, 0.3) is 5.69 Å². The quantitative estimate of drug-likeness (QED) is 0.456.